The number of hydrogen-bond donors (Lipinski definition) is 3. The van der Waals surface area contributed by atoms with Crippen molar-refractivity contribution in [2.45, 2.75) is 32.6 Å². The average Bonchev–Trinajstić information content (AvgIpc) is 2.95. The van der Waals surface area contributed by atoms with Crippen molar-refractivity contribution in [3.05, 3.63) is 0 Å². The molecule has 0 heterocycles. The van der Waals surface area contributed by atoms with Crippen LogP contribution in [0.2, 0.25) is 0 Å². The number of fused-ring (bicyclic) bond motifs is 2. The molecular formula is C12H21N3O2. The van der Waals surface area contributed by atoms with Gasteiger partial charge in [-0.05, 0) is 43.9 Å². The van der Waals surface area contributed by atoms with Gasteiger partial charge < -0.3 is 16.3 Å². The van der Waals surface area contributed by atoms with Crippen LogP contribution in [0.1, 0.15) is 32.6 Å². The SMILES string of the molecule is CC(C(=O)NCC1CC2CCC1C2)C(N)=NO. The van der Waals surface area contributed by atoms with Gasteiger partial charge >= 0.3 is 0 Å². The van der Waals surface area contributed by atoms with E-state index in [1.165, 1.54) is 25.7 Å². The van der Waals surface area contributed by atoms with Crippen molar-refractivity contribution in [1.82, 2.24) is 5.32 Å². The van der Waals surface area contributed by atoms with E-state index in [1.54, 1.807) is 6.92 Å². The number of carbonyl (C=O) groups excluding carboxylic acids is 1. The summed E-state index contributed by atoms with van der Waals surface area (Å²) in [6.45, 7) is 2.38. The van der Waals surface area contributed by atoms with Crippen LogP contribution in [0.5, 0.6) is 0 Å². The van der Waals surface area contributed by atoms with Gasteiger partial charge in [-0.1, -0.05) is 11.6 Å². The van der Waals surface area contributed by atoms with Crippen LogP contribution < -0.4 is 11.1 Å². The van der Waals surface area contributed by atoms with Crippen LogP contribution in [-0.2, 0) is 4.79 Å². The Hall–Kier alpha value is -1.26. The molecule has 2 saturated carbocycles. The Morgan fingerprint density at radius 1 is 1.53 bits per heavy atom. The molecule has 0 radical (unpaired) electrons. The van der Waals surface area contributed by atoms with E-state index in [2.05, 4.69) is 10.5 Å². The lowest BCUT2D eigenvalue weighted by Crippen LogP contribution is -2.40. The highest BCUT2D eigenvalue weighted by Crippen LogP contribution is 2.47. The van der Waals surface area contributed by atoms with E-state index in [0.717, 1.165) is 18.4 Å². The molecule has 4 unspecified atom stereocenters. The lowest BCUT2D eigenvalue weighted by Gasteiger charge is -2.22. The van der Waals surface area contributed by atoms with Crippen molar-refractivity contribution >= 4 is 11.7 Å². The predicted octanol–water partition coefficient (Wildman–Crippen LogP) is 0.921. The quantitative estimate of drug-likeness (QED) is 0.295. The Kier molecular flexibility index (Phi) is 3.54. The zero-order valence-electron chi connectivity index (χ0n) is 10.2. The number of carbonyl (C=O) groups is 1. The van der Waals surface area contributed by atoms with E-state index in [4.69, 9.17) is 10.9 Å². The molecular weight excluding hydrogens is 218 g/mol. The number of amidine groups is 1. The van der Waals surface area contributed by atoms with Gasteiger partial charge in [-0.15, -0.1) is 0 Å². The number of nitrogens with two attached hydrogens (primary N) is 1. The molecule has 0 aromatic rings. The van der Waals surface area contributed by atoms with Crippen molar-refractivity contribution in [1.29, 1.82) is 0 Å². The number of oxime groups is 1. The summed E-state index contributed by atoms with van der Waals surface area (Å²) < 4.78 is 0. The summed E-state index contributed by atoms with van der Waals surface area (Å²) in [5.41, 5.74) is 5.40. The lowest BCUT2D eigenvalue weighted by atomic mass is 9.89. The normalized spacial score (nSPS) is 33.7. The van der Waals surface area contributed by atoms with Crippen LogP contribution in [-0.4, -0.2) is 23.5 Å². The molecule has 17 heavy (non-hydrogen) atoms. The smallest absolute Gasteiger partial charge is 0.230 e. The van der Waals surface area contributed by atoms with Gasteiger partial charge in [0, 0.05) is 6.54 Å². The largest absolute Gasteiger partial charge is 0.409 e. The summed E-state index contributed by atoms with van der Waals surface area (Å²) >= 11 is 0. The van der Waals surface area contributed by atoms with Crippen molar-refractivity contribution < 1.29 is 10.0 Å². The molecule has 0 aliphatic heterocycles. The van der Waals surface area contributed by atoms with E-state index >= 15 is 0 Å². The standard InChI is InChI=1S/C12H21N3O2/c1-7(11(13)15-17)12(16)14-6-10-5-8-2-3-9(10)4-8/h7-10,17H,2-6H2,1H3,(H2,13,15)(H,14,16). The molecule has 2 fully saturated rings. The van der Waals surface area contributed by atoms with Gasteiger partial charge in [0.2, 0.25) is 5.91 Å². The molecule has 0 saturated heterocycles. The van der Waals surface area contributed by atoms with Crippen molar-refractivity contribution in [3.63, 3.8) is 0 Å². The monoisotopic (exact) mass is 239 g/mol. The summed E-state index contributed by atoms with van der Waals surface area (Å²) in [6.07, 6.45) is 5.29. The van der Waals surface area contributed by atoms with Crippen molar-refractivity contribution in [3.8, 4) is 0 Å². The number of hydrogen-bond acceptors (Lipinski definition) is 3. The molecule has 0 aromatic carbocycles. The van der Waals surface area contributed by atoms with E-state index in [-0.39, 0.29) is 11.7 Å². The molecule has 96 valence electrons. The molecule has 5 nitrogen and oxygen atoms in total. The summed E-state index contributed by atoms with van der Waals surface area (Å²) in [7, 11) is 0. The van der Waals surface area contributed by atoms with Crippen LogP contribution in [0.15, 0.2) is 5.16 Å². The fourth-order valence-corrected chi connectivity index (χ4v) is 3.23. The maximum Gasteiger partial charge on any atom is 0.230 e. The molecule has 0 aromatic heterocycles. The maximum absolute atomic E-state index is 11.7. The topological polar surface area (TPSA) is 87.7 Å². The van der Waals surface area contributed by atoms with Gasteiger partial charge in [0.25, 0.3) is 0 Å². The maximum atomic E-state index is 11.7. The molecule has 2 aliphatic carbocycles. The van der Waals surface area contributed by atoms with Crippen LogP contribution in [0.25, 0.3) is 0 Å². The summed E-state index contributed by atoms with van der Waals surface area (Å²) in [6, 6.07) is 0. The zero-order valence-corrected chi connectivity index (χ0v) is 10.2. The number of rotatable bonds is 4. The van der Waals surface area contributed by atoms with E-state index in [9.17, 15) is 4.79 Å². The third-order valence-corrected chi connectivity index (χ3v) is 4.38. The van der Waals surface area contributed by atoms with Gasteiger partial charge in [0.05, 0.1) is 5.92 Å². The molecule has 2 aliphatic rings. The van der Waals surface area contributed by atoms with Crippen molar-refractivity contribution in [2.24, 2.45) is 34.6 Å². The van der Waals surface area contributed by atoms with Crippen LogP contribution >= 0.6 is 0 Å². The highest BCUT2D eigenvalue weighted by molar-refractivity contribution is 6.01. The molecule has 4 N–H and O–H groups in total. The lowest BCUT2D eigenvalue weighted by molar-refractivity contribution is -0.122. The highest BCUT2D eigenvalue weighted by atomic mass is 16.4. The molecule has 2 rings (SSSR count). The minimum atomic E-state index is -0.557. The van der Waals surface area contributed by atoms with Gasteiger partial charge in [-0.2, -0.15) is 0 Å². The first-order valence-electron chi connectivity index (χ1n) is 6.37. The predicted molar refractivity (Wildman–Crippen MR) is 64.5 cm³/mol. The Balaban J connectivity index is 1.77. The second-order valence-corrected chi connectivity index (χ2v) is 5.43. The first-order chi connectivity index (χ1) is 8.11. The van der Waals surface area contributed by atoms with Crippen molar-refractivity contribution in [2.75, 3.05) is 6.54 Å². The minimum absolute atomic E-state index is 0.0320. The number of amides is 1. The van der Waals surface area contributed by atoms with Crippen LogP contribution in [0.3, 0.4) is 0 Å². The highest BCUT2D eigenvalue weighted by Gasteiger charge is 2.39. The summed E-state index contributed by atoms with van der Waals surface area (Å²) in [5.74, 6) is 1.59. The third-order valence-electron chi connectivity index (χ3n) is 4.38. The first kappa shape index (κ1) is 12.2. The van der Waals surface area contributed by atoms with Crippen LogP contribution in [0.4, 0.5) is 0 Å². The minimum Gasteiger partial charge on any atom is -0.409 e. The molecule has 2 bridgehead atoms. The second-order valence-electron chi connectivity index (χ2n) is 5.43. The van der Waals surface area contributed by atoms with Gasteiger partial charge in [0.1, 0.15) is 0 Å². The Morgan fingerprint density at radius 2 is 2.29 bits per heavy atom. The summed E-state index contributed by atoms with van der Waals surface area (Å²) in [5, 5.41) is 14.3. The second kappa shape index (κ2) is 4.94. The first-order valence-corrected chi connectivity index (χ1v) is 6.37. The zero-order chi connectivity index (χ0) is 12.4. The summed E-state index contributed by atoms with van der Waals surface area (Å²) in [4.78, 5) is 11.7. The Bertz CT molecular complexity index is 330. The third kappa shape index (κ3) is 2.53. The Morgan fingerprint density at radius 3 is 2.82 bits per heavy atom. The number of nitrogens with zero attached hydrogens (tertiary/aromatic N) is 1. The van der Waals surface area contributed by atoms with E-state index in [0.29, 0.717) is 5.92 Å². The molecule has 5 heteroatoms. The Labute approximate surface area is 101 Å². The average molecular weight is 239 g/mol. The van der Waals surface area contributed by atoms with E-state index in [1.807, 2.05) is 0 Å². The fraction of sp³-hybridized carbons (Fsp3) is 0.833. The molecule has 0 spiro atoms. The van der Waals surface area contributed by atoms with Gasteiger partial charge in [-0.25, -0.2) is 0 Å². The van der Waals surface area contributed by atoms with E-state index < -0.39 is 5.92 Å². The molecule has 1 amide bonds. The molecule has 4 atom stereocenters. The number of nitrogens with one attached hydrogen (secondary N) is 1. The van der Waals surface area contributed by atoms with Crippen LogP contribution in [0, 0.1) is 23.7 Å². The van der Waals surface area contributed by atoms with Gasteiger partial charge in [0.15, 0.2) is 5.84 Å². The fourth-order valence-electron chi connectivity index (χ4n) is 3.23. The van der Waals surface area contributed by atoms with Gasteiger partial charge in [-0.3, -0.25) is 4.79 Å².